The maximum atomic E-state index is 13.4. The van der Waals surface area contributed by atoms with Gasteiger partial charge in [-0.1, -0.05) is 36.4 Å². The van der Waals surface area contributed by atoms with Crippen LogP contribution in [-0.2, 0) is 6.42 Å². The molecule has 0 bridgehead atoms. The Morgan fingerprint density at radius 1 is 1.00 bits per heavy atom. The van der Waals surface area contributed by atoms with E-state index in [1.54, 1.807) is 30.3 Å². The van der Waals surface area contributed by atoms with Crippen LogP contribution >= 0.6 is 0 Å². The number of para-hydroxylation sites is 1. The van der Waals surface area contributed by atoms with Gasteiger partial charge in [0.05, 0.1) is 0 Å². The van der Waals surface area contributed by atoms with E-state index in [-0.39, 0.29) is 18.6 Å². The van der Waals surface area contributed by atoms with Gasteiger partial charge in [-0.05, 0) is 30.2 Å². The molecule has 0 heterocycles. The Balaban J connectivity index is 1.63. The predicted molar refractivity (Wildman–Crippen MR) is 78.6 cm³/mol. The van der Waals surface area contributed by atoms with E-state index in [0.717, 1.165) is 0 Å². The second kappa shape index (κ2) is 7.89. The zero-order chi connectivity index (χ0) is 14.9. The summed E-state index contributed by atoms with van der Waals surface area (Å²) in [6, 6.07) is 15.4. The first-order valence-electron chi connectivity index (χ1n) is 6.68. The van der Waals surface area contributed by atoms with E-state index < -0.39 is 0 Å². The van der Waals surface area contributed by atoms with Gasteiger partial charge in [0.15, 0.2) is 6.73 Å². The highest BCUT2D eigenvalue weighted by Crippen LogP contribution is 2.07. The van der Waals surface area contributed by atoms with Gasteiger partial charge in [-0.3, -0.25) is 0 Å². The Hall–Kier alpha value is -2.56. The molecule has 0 spiro atoms. The van der Waals surface area contributed by atoms with Crippen molar-refractivity contribution in [3.63, 3.8) is 0 Å². The molecule has 2 aromatic rings. The summed E-state index contributed by atoms with van der Waals surface area (Å²) >= 11 is 0. The molecule has 0 atom stereocenters. The van der Waals surface area contributed by atoms with Crippen molar-refractivity contribution in [3.8, 4) is 5.75 Å². The molecule has 0 aliphatic rings. The molecule has 0 aliphatic carbocycles. The van der Waals surface area contributed by atoms with Crippen molar-refractivity contribution in [3.05, 3.63) is 66.0 Å². The average Bonchev–Trinajstić information content (AvgIpc) is 2.50. The quantitative estimate of drug-likeness (QED) is 0.803. The minimum absolute atomic E-state index is 0.0789. The van der Waals surface area contributed by atoms with Gasteiger partial charge in [0.1, 0.15) is 11.6 Å². The third-order valence-electron chi connectivity index (χ3n) is 2.85. The molecule has 2 rings (SSSR count). The summed E-state index contributed by atoms with van der Waals surface area (Å²) in [6.45, 7) is 0.438. The van der Waals surface area contributed by atoms with Crippen molar-refractivity contribution >= 4 is 6.03 Å². The van der Waals surface area contributed by atoms with Crippen LogP contribution in [0.2, 0.25) is 0 Å². The molecule has 2 N–H and O–H groups in total. The van der Waals surface area contributed by atoms with Gasteiger partial charge in [-0.2, -0.15) is 0 Å². The summed E-state index contributed by atoms with van der Waals surface area (Å²) < 4.78 is 18.7. The summed E-state index contributed by atoms with van der Waals surface area (Å²) in [6.07, 6.45) is 0.444. The van der Waals surface area contributed by atoms with Crippen LogP contribution in [0.5, 0.6) is 5.75 Å². The van der Waals surface area contributed by atoms with Crippen molar-refractivity contribution < 1.29 is 13.9 Å². The van der Waals surface area contributed by atoms with Gasteiger partial charge >= 0.3 is 6.03 Å². The standard InChI is InChI=1S/C16H17FN2O2/c17-15-9-5-4-6-13(15)10-11-18-16(20)19-12-21-14-7-2-1-3-8-14/h1-9H,10-12H2,(H2,18,19,20). The number of nitrogens with one attached hydrogen (secondary N) is 2. The Labute approximate surface area is 122 Å². The summed E-state index contributed by atoms with van der Waals surface area (Å²) in [4.78, 5) is 11.5. The van der Waals surface area contributed by atoms with E-state index in [0.29, 0.717) is 24.3 Å². The fourth-order valence-corrected chi connectivity index (χ4v) is 1.78. The van der Waals surface area contributed by atoms with Gasteiger partial charge in [0.25, 0.3) is 0 Å². The zero-order valence-corrected chi connectivity index (χ0v) is 11.5. The largest absolute Gasteiger partial charge is 0.473 e. The summed E-state index contributed by atoms with van der Waals surface area (Å²) in [5.74, 6) is 0.427. The molecular formula is C16H17FN2O2. The van der Waals surface area contributed by atoms with E-state index in [2.05, 4.69) is 10.6 Å². The lowest BCUT2D eigenvalue weighted by molar-refractivity contribution is 0.224. The monoisotopic (exact) mass is 288 g/mol. The van der Waals surface area contributed by atoms with Gasteiger partial charge in [-0.15, -0.1) is 0 Å². The minimum Gasteiger partial charge on any atom is -0.473 e. The van der Waals surface area contributed by atoms with Crippen LogP contribution in [0, 0.1) is 5.82 Å². The highest BCUT2D eigenvalue weighted by atomic mass is 19.1. The van der Waals surface area contributed by atoms with Crippen LogP contribution in [0.3, 0.4) is 0 Å². The van der Waals surface area contributed by atoms with E-state index >= 15 is 0 Å². The predicted octanol–water partition coefficient (Wildman–Crippen LogP) is 2.70. The third kappa shape index (κ3) is 5.14. The van der Waals surface area contributed by atoms with Gasteiger partial charge in [0.2, 0.25) is 0 Å². The van der Waals surface area contributed by atoms with Crippen LogP contribution < -0.4 is 15.4 Å². The van der Waals surface area contributed by atoms with Crippen molar-refractivity contribution in [2.24, 2.45) is 0 Å². The number of hydrogen-bond acceptors (Lipinski definition) is 2. The molecule has 0 radical (unpaired) electrons. The number of benzene rings is 2. The normalized spacial score (nSPS) is 9.95. The van der Waals surface area contributed by atoms with Crippen LogP contribution in [0.1, 0.15) is 5.56 Å². The fraction of sp³-hybridized carbons (Fsp3) is 0.188. The van der Waals surface area contributed by atoms with Crippen molar-refractivity contribution in [2.75, 3.05) is 13.3 Å². The van der Waals surface area contributed by atoms with Gasteiger partial charge in [0, 0.05) is 6.54 Å². The number of halogens is 1. The Morgan fingerprint density at radius 3 is 2.48 bits per heavy atom. The number of carbonyl (C=O) groups is 1. The molecule has 0 aliphatic heterocycles. The summed E-state index contributed by atoms with van der Waals surface area (Å²) in [5.41, 5.74) is 0.582. The zero-order valence-electron chi connectivity index (χ0n) is 11.5. The summed E-state index contributed by atoms with van der Waals surface area (Å²) in [7, 11) is 0. The summed E-state index contributed by atoms with van der Waals surface area (Å²) in [5, 5.41) is 5.21. The van der Waals surface area contributed by atoms with Crippen LogP contribution in [0.15, 0.2) is 54.6 Å². The number of carbonyl (C=O) groups excluding carboxylic acids is 1. The molecule has 21 heavy (non-hydrogen) atoms. The highest BCUT2D eigenvalue weighted by Gasteiger charge is 2.02. The molecular weight excluding hydrogens is 271 g/mol. The van der Waals surface area contributed by atoms with E-state index in [1.807, 2.05) is 18.2 Å². The molecule has 5 heteroatoms. The Bertz CT molecular complexity index is 575. The molecule has 4 nitrogen and oxygen atoms in total. The third-order valence-corrected chi connectivity index (χ3v) is 2.85. The number of urea groups is 1. The lowest BCUT2D eigenvalue weighted by Gasteiger charge is -2.09. The first-order valence-corrected chi connectivity index (χ1v) is 6.68. The second-order valence-corrected chi connectivity index (χ2v) is 4.38. The van der Waals surface area contributed by atoms with Crippen LogP contribution in [0.4, 0.5) is 9.18 Å². The van der Waals surface area contributed by atoms with E-state index in [1.165, 1.54) is 6.07 Å². The van der Waals surface area contributed by atoms with Crippen LogP contribution in [-0.4, -0.2) is 19.3 Å². The molecule has 2 aromatic carbocycles. The topological polar surface area (TPSA) is 50.4 Å². The molecule has 110 valence electrons. The molecule has 0 unspecified atom stereocenters. The first kappa shape index (κ1) is 14.8. The van der Waals surface area contributed by atoms with Crippen molar-refractivity contribution in [1.82, 2.24) is 10.6 Å². The number of rotatable bonds is 6. The van der Waals surface area contributed by atoms with Gasteiger partial charge < -0.3 is 15.4 Å². The molecule has 0 fully saturated rings. The lowest BCUT2D eigenvalue weighted by Crippen LogP contribution is -2.38. The number of ether oxygens (including phenoxy) is 1. The fourth-order valence-electron chi connectivity index (χ4n) is 1.78. The molecule has 0 saturated heterocycles. The van der Waals surface area contributed by atoms with Crippen molar-refractivity contribution in [1.29, 1.82) is 0 Å². The average molecular weight is 288 g/mol. The Kier molecular flexibility index (Phi) is 5.58. The van der Waals surface area contributed by atoms with Gasteiger partial charge in [-0.25, -0.2) is 9.18 Å². The van der Waals surface area contributed by atoms with Crippen LogP contribution in [0.25, 0.3) is 0 Å². The molecule has 0 saturated carbocycles. The number of hydrogen-bond donors (Lipinski definition) is 2. The smallest absolute Gasteiger partial charge is 0.317 e. The molecule has 2 amide bonds. The minimum atomic E-state index is -0.345. The first-order chi connectivity index (χ1) is 10.3. The highest BCUT2D eigenvalue weighted by molar-refractivity contribution is 5.73. The number of amides is 2. The maximum Gasteiger partial charge on any atom is 0.317 e. The molecule has 0 aromatic heterocycles. The van der Waals surface area contributed by atoms with E-state index in [4.69, 9.17) is 4.74 Å². The second-order valence-electron chi connectivity index (χ2n) is 4.38. The van der Waals surface area contributed by atoms with E-state index in [9.17, 15) is 9.18 Å². The lowest BCUT2D eigenvalue weighted by atomic mass is 10.1. The SMILES string of the molecule is O=C(NCCc1ccccc1F)NCOc1ccccc1. The van der Waals surface area contributed by atoms with Crippen molar-refractivity contribution in [2.45, 2.75) is 6.42 Å². The Morgan fingerprint density at radius 2 is 1.71 bits per heavy atom. The maximum absolute atomic E-state index is 13.4.